The normalized spacial score (nSPS) is 36.7. The highest BCUT2D eigenvalue weighted by Crippen LogP contribution is 2.58. The summed E-state index contributed by atoms with van der Waals surface area (Å²) in [5.74, 6) is -11.1. The fourth-order valence-electron chi connectivity index (χ4n) is 0.999. The van der Waals surface area contributed by atoms with Crippen LogP contribution in [-0.2, 0) is 14.3 Å². The van der Waals surface area contributed by atoms with Crippen LogP contribution in [0.1, 0.15) is 0 Å². The van der Waals surface area contributed by atoms with E-state index in [2.05, 4.69) is 9.47 Å². The molecule has 1 rings (SSSR count). The molecular formula is C6HF9O3. The second-order valence-electron chi connectivity index (χ2n) is 3.10. The first-order chi connectivity index (χ1) is 7.72. The van der Waals surface area contributed by atoms with E-state index in [4.69, 9.17) is 0 Å². The second kappa shape index (κ2) is 3.50. The highest BCUT2D eigenvalue weighted by molar-refractivity contribution is 5.62. The fraction of sp³-hybridized carbons (Fsp3) is 0.833. The zero-order chi connectivity index (χ0) is 14.6. The Hall–Kier alpha value is -1.04. The minimum Gasteiger partial charge on any atom is -0.297 e. The summed E-state index contributed by atoms with van der Waals surface area (Å²) in [5, 5.41) is 0. The first-order valence-electron chi connectivity index (χ1n) is 3.79. The molecule has 1 saturated heterocycles. The topological polar surface area (TPSA) is 35.5 Å². The van der Waals surface area contributed by atoms with Crippen molar-refractivity contribution in [1.82, 2.24) is 0 Å². The Morgan fingerprint density at radius 3 is 1.44 bits per heavy atom. The molecule has 3 nitrogen and oxygen atoms in total. The van der Waals surface area contributed by atoms with Crippen LogP contribution in [0.5, 0.6) is 0 Å². The largest absolute Gasteiger partial charge is 0.458 e. The van der Waals surface area contributed by atoms with E-state index in [1.54, 1.807) is 0 Å². The Labute approximate surface area is 91.4 Å². The first-order valence-corrected chi connectivity index (χ1v) is 3.79. The van der Waals surface area contributed by atoms with Gasteiger partial charge in [-0.15, -0.1) is 0 Å². The maximum Gasteiger partial charge on any atom is 0.458 e. The lowest BCUT2D eigenvalue weighted by molar-refractivity contribution is -0.396. The summed E-state index contributed by atoms with van der Waals surface area (Å²) in [6.07, 6.45) is -20.3. The Kier molecular flexibility index (Phi) is 2.92. The van der Waals surface area contributed by atoms with Crippen molar-refractivity contribution in [3.8, 4) is 0 Å². The van der Waals surface area contributed by atoms with Gasteiger partial charge in [0.15, 0.2) is 6.29 Å². The molecule has 106 valence electrons. The van der Waals surface area contributed by atoms with Crippen molar-refractivity contribution in [1.29, 1.82) is 0 Å². The van der Waals surface area contributed by atoms with Crippen LogP contribution in [0.2, 0.25) is 0 Å². The third-order valence-corrected chi connectivity index (χ3v) is 1.86. The number of carbonyl (C=O) groups excluding carboxylic acids is 1. The quantitative estimate of drug-likeness (QED) is 0.549. The molecule has 12 heteroatoms. The summed E-state index contributed by atoms with van der Waals surface area (Å²) in [6, 6.07) is 0. The number of aldehydes is 1. The van der Waals surface area contributed by atoms with Gasteiger partial charge in [0.1, 0.15) is 0 Å². The summed E-state index contributed by atoms with van der Waals surface area (Å²) in [6.45, 7) is 0. The highest BCUT2D eigenvalue weighted by Gasteiger charge is 2.87. The number of rotatable bonds is 1. The van der Waals surface area contributed by atoms with E-state index in [1.165, 1.54) is 0 Å². The smallest absolute Gasteiger partial charge is 0.297 e. The Morgan fingerprint density at radius 2 is 1.28 bits per heavy atom. The summed E-state index contributed by atoms with van der Waals surface area (Å²) in [7, 11) is 0. The molecule has 0 aliphatic carbocycles. The summed E-state index contributed by atoms with van der Waals surface area (Å²) in [4.78, 5) is 10.0. The number of hydrogen-bond acceptors (Lipinski definition) is 3. The van der Waals surface area contributed by atoms with E-state index in [1.807, 2.05) is 0 Å². The second-order valence-corrected chi connectivity index (χ2v) is 3.10. The van der Waals surface area contributed by atoms with Gasteiger partial charge in [0, 0.05) is 0 Å². The third kappa shape index (κ3) is 1.74. The molecule has 0 aromatic rings. The molecule has 1 heterocycles. The SMILES string of the molecule is O=CC1(C(F)(F)F)OC(F)(F)C(F)(C(F)(F)F)O1. The molecule has 1 aliphatic heterocycles. The van der Waals surface area contributed by atoms with Crippen molar-refractivity contribution in [3.05, 3.63) is 0 Å². The van der Waals surface area contributed by atoms with E-state index in [0.29, 0.717) is 0 Å². The van der Waals surface area contributed by atoms with E-state index in [0.717, 1.165) is 0 Å². The number of alkyl halides is 9. The van der Waals surface area contributed by atoms with Crippen LogP contribution in [-0.4, -0.2) is 36.4 Å². The zero-order valence-corrected chi connectivity index (χ0v) is 7.70. The predicted octanol–water partition coefficient (Wildman–Crippen LogP) is 2.31. The zero-order valence-electron chi connectivity index (χ0n) is 7.70. The minimum absolute atomic E-state index is 1.53. The summed E-state index contributed by atoms with van der Waals surface area (Å²) >= 11 is 0. The molecule has 2 atom stereocenters. The standard InChI is InChI=1S/C6HF9O3/c7-3(5(11,12)13)6(14,15)18-2(1-16,17-3)4(8,9)10/h1H. The molecular weight excluding hydrogens is 291 g/mol. The molecule has 18 heavy (non-hydrogen) atoms. The van der Waals surface area contributed by atoms with Gasteiger partial charge in [-0.25, -0.2) is 0 Å². The lowest BCUT2D eigenvalue weighted by Crippen LogP contribution is -2.54. The van der Waals surface area contributed by atoms with Gasteiger partial charge in [0.05, 0.1) is 0 Å². The lowest BCUT2D eigenvalue weighted by Gasteiger charge is -2.26. The van der Waals surface area contributed by atoms with Crippen molar-refractivity contribution in [3.63, 3.8) is 0 Å². The van der Waals surface area contributed by atoms with Gasteiger partial charge in [0.2, 0.25) is 0 Å². The van der Waals surface area contributed by atoms with Crippen molar-refractivity contribution >= 4 is 6.29 Å². The molecule has 0 saturated carbocycles. The molecule has 0 spiro atoms. The van der Waals surface area contributed by atoms with E-state index < -0.39 is 36.4 Å². The Morgan fingerprint density at radius 1 is 0.833 bits per heavy atom. The monoisotopic (exact) mass is 292 g/mol. The molecule has 0 N–H and O–H groups in total. The maximum absolute atomic E-state index is 12.9. The van der Waals surface area contributed by atoms with Gasteiger partial charge < -0.3 is 0 Å². The van der Waals surface area contributed by atoms with Gasteiger partial charge in [0.25, 0.3) is 0 Å². The lowest BCUT2D eigenvalue weighted by atomic mass is 10.3. The van der Waals surface area contributed by atoms with Crippen molar-refractivity contribution in [2.45, 2.75) is 30.1 Å². The molecule has 1 fully saturated rings. The van der Waals surface area contributed by atoms with Crippen molar-refractivity contribution in [2.24, 2.45) is 0 Å². The van der Waals surface area contributed by atoms with Gasteiger partial charge >= 0.3 is 30.1 Å². The average molecular weight is 292 g/mol. The number of hydrogen-bond donors (Lipinski definition) is 0. The Bertz CT molecular complexity index is 360. The van der Waals surface area contributed by atoms with Gasteiger partial charge in [-0.05, 0) is 0 Å². The summed E-state index contributed by atoms with van der Waals surface area (Å²) < 4.78 is 116. The van der Waals surface area contributed by atoms with Crippen LogP contribution in [0, 0.1) is 0 Å². The van der Waals surface area contributed by atoms with Gasteiger partial charge in [-0.3, -0.25) is 14.3 Å². The molecule has 0 aromatic heterocycles. The average Bonchev–Trinajstić information content (AvgIpc) is 2.34. The van der Waals surface area contributed by atoms with Crippen LogP contribution >= 0.6 is 0 Å². The molecule has 2 unspecified atom stereocenters. The molecule has 0 radical (unpaired) electrons. The maximum atomic E-state index is 12.9. The first kappa shape index (κ1) is 15.0. The molecule has 0 aromatic carbocycles. The van der Waals surface area contributed by atoms with E-state index in [-0.39, 0.29) is 0 Å². The Balaban J connectivity index is 3.36. The van der Waals surface area contributed by atoms with Gasteiger partial charge in [-0.2, -0.15) is 39.5 Å². The fourth-order valence-corrected chi connectivity index (χ4v) is 0.999. The van der Waals surface area contributed by atoms with Crippen LogP contribution < -0.4 is 0 Å². The minimum atomic E-state index is -6.55. The van der Waals surface area contributed by atoms with Crippen LogP contribution in [0.3, 0.4) is 0 Å². The highest BCUT2D eigenvalue weighted by atomic mass is 19.4. The third-order valence-electron chi connectivity index (χ3n) is 1.86. The van der Waals surface area contributed by atoms with E-state index >= 15 is 0 Å². The van der Waals surface area contributed by atoms with Crippen LogP contribution in [0.15, 0.2) is 0 Å². The molecule has 0 bridgehead atoms. The number of ether oxygens (including phenoxy) is 2. The van der Waals surface area contributed by atoms with Crippen molar-refractivity contribution in [2.75, 3.05) is 0 Å². The predicted molar refractivity (Wildman–Crippen MR) is 31.9 cm³/mol. The summed E-state index contributed by atoms with van der Waals surface area (Å²) in [5.41, 5.74) is 0. The number of carbonyl (C=O) groups is 1. The molecule has 0 amide bonds. The van der Waals surface area contributed by atoms with Crippen LogP contribution in [0.25, 0.3) is 0 Å². The van der Waals surface area contributed by atoms with E-state index in [9.17, 15) is 44.3 Å². The number of halogens is 9. The van der Waals surface area contributed by atoms with Crippen molar-refractivity contribution < 1.29 is 53.8 Å². The molecule has 1 aliphatic rings. The van der Waals surface area contributed by atoms with Crippen LogP contribution in [0.4, 0.5) is 39.5 Å². The van der Waals surface area contributed by atoms with Gasteiger partial charge in [-0.1, -0.05) is 0 Å².